The van der Waals surface area contributed by atoms with E-state index in [4.69, 9.17) is 27.9 Å². The summed E-state index contributed by atoms with van der Waals surface area (Å²) in [5, 5.41) is 10.6. The monoisotopic (exact) mass is 296 g/mol. The van der Waals surface area contributed by atoms with Gasteiger partial charge in [0.15, 0.2) is 0 Å². The van der Waals surface area contributed by atoms with Gasteiger partial charge in [-0.2, -0.15) is 0 Å². The molecule has 0 aromatic heterocycles. The summed E-state index contributed by atoms with van der Waals surface area (Å²) in [6.07, 6.45) is 0. The summed E-state index contributed by atoms with van der Waals surface area (Å²) in [7, 11) is 0. The summed E-state index contributed by atoms with van der Waals surface area (Å²) in [4.78, 5) is 0. The van der Waals surface area contributed by atoms with E-state index in [9.17, 15) is 5.11 Å². The smallest absolute Gasteiger partial charge is 0.134 e. The molecule has 0 aliphatic heterocycles. The second kappa shape index (κ2) is 5.83. The topological polar surface area (TPSA) is 29.5 Å². The molecule has 0 saturated heterocycles. The standard InChI is InChI=1S/C15H14Cl2O2/c1-9-5-13(17)6-10(2)15(9)19-14-7-12(16)4-3-11(14)8-18/h3-7,18H,8H2,1-2H3. The third-order valence-electron chi connectivity index (χ3n) is 2.84. The van der Waals surface area contributed by atoms with Crippen molar-refractivity contribution in [2.45, 2.75) is 20.5 Å². The Morgan fingerprint density at radius 3 is 2.21 bits per heavy atom. The molecule has 2 rings (SSSR count). The quantitative estimate of drug-likeness (QED) is 0.873. The molecule has 0 atom stereocenters. The van der Waals surface area contributed by atoms with Gasteiger partial charge in [-0.3, -0.25) is 0 Å². The van der Waals surface area contributed by atoms with E-state index in [1.807, 2.05) is 26.0 Å². The van der Waals surface area contributed by atoms with E-state index < -0.39 is 0 Å². The predicted molar refractivity (Wildman–Crippen MR) is 78.4 cm³/mol. The van der Waals surface area contributed by atoms with E-state index in [0.29, 0.717) is 21.4 Å². The molecule has 0 saturated carbocycles. The second-order valence-corrected chi connectivity index (χ2v) is 5.25. The van der Waals surface area contributed by atoms with Crippen LogP contribution in [0.25, 0.3) is 0 Å². The van der Waals surface area contributed by atoms with Gasteiger partial charge < -0.3 is 9.84 Å². The van der Waals surface area contributed by atoms with Gasteiger partial charge in [-0.15, -0.1) is 0 Å². The van der Waals surface area contributed by atoms with Crippen molar-refractivity contribution in [1.82, 2.24) is 0 Å². The van der Waals surface area contributed by atoms with Gasteiger partial charge in [-0.05, 0) is 49.2 Å². The Bertz CT molecular complexity index is 586. The van der Waals surface area contributed by atoms with Crippen molar-refractivity contribution in [3.05, 3.63) is 57.1 Å². The first-order valence-corrected chi connectivity index (χ1v) is 6.60. The number of benzene rings is 2. The van der Waals surface area contributed by atoms with Crippen molar-refractivity contribution in [1.29, 1.82) is 0 Å². The molecule has 19 heavy (non-hydrogen) atoms. The van der Waals surface area contributed by atoms with Gasteiger partial charge in [0.25, 0.3) is 0 Å². The maximum atomic E-state index is 9.33. The highest BCUT2D eigenvalue weighted by Gasteiger charge is 2.10. The first-order chi connectivity index (χ1) is 9.01. The molecule has 4 heteroatoms. The summed E-state index contributed by atoms with van der Waals surface area (Å²) < 4.78 is 5.89. The molecule has 0 aliphatic carbocycles. The number of aliphatic hydroxyl groups is 1. The minimum Gasteiger partial charge on any atom is -0.456 e. The first-order valence-electron chi connectivity index (χ1n) is 5.85. The molecule has 1 N–H and O–H groups in total. The third-order valence-corrected chi connectivity index (χ3v) is 3.29. The molecule has 0 amide bonds. The Balaban J connectivity index is 2.44. The van der Waals surface area contributed by atoms with Crippen LogP contribution < -0.4 is 4.74 Å². The maximum absolute atomic E-state index is 9.33. The molecule has 0 radical (unpaired) electrons. The molecule has 2 aromatic carbocycles. The SMILES string of the molecule is Cc1cc(Cl)cc(C)c1Oc1cc(Cl)ccc1CO. The van der Waals surface area contributed by atoms with Crippen molar-refractivity contribution in [3.63, 3.8) is 0 Å². The van der Waals surface area contributed by atoms with Gasteiger partial charge in [0.05, 0.1) is 6.61 Å². The summed E-state index contributed by atoms with van der Waals surface area (Å²) in [6, 6.07) is 8.85. The summed E-state index contributed by atoms with van der Waals surface area (Å²) >= 11 is 12.0. The highest BCUT2D eigenvalue weighted by Crippen LogP contribution is 2.34. The Hall–Kier alpha value is -1.22. The average molecular weight is 297 g/mol. The number of halogens is 2. The van der Waals surface area contributed by atoms with Crippen LogP contribution in [0.4, 0.5) is 0 Å². The molecule has 0 heterocycles. The number of hydrogen-bond acceptors (Lipinski definition) is 2. The van der Waals surface area contributed by atoms with Crippen molar-refractivity contribution >= 4 is 23.2 Å². The normalized spacial score (nSPS) is 10.6. The zero-order valence-corrected chi connectivity index (χ0v) is 12.2. The zero-order valence-electron chi connectivity index (χ0n) is 10.7. The fraction of sp³-hybridized carbons (Fsp3) is 0.200. The average Bonchev–Trinajstić information content (AvgIpc) is 2.34. The summed E-state index contributed by atoms with van der Waals surface area (Å²) in [5.74, 6) is 1.30. The largest absolute Gasteiger partial charge is 0.456 e. The highest BCUT2D eigenvalue weighted by atomic mass is 35.5. The molecular weight excluding hydrogens is 283 g/mol. The van der Waals surface area contributed by atoms with Crippen LogP contribution in [0.2, 0.25) is 10.0 Å². The van der Waals surface area contributed by atoms with Gasteiger partial charge in [0.2, 0.25) is 0 Å². The van der Waals surface area contributed by atoms with E-state index in [2.05, 4.69) is 0 Å². The van der Waals surface area contributed by atoms with Crippen LogP contribution in [0, 0.1) is 13.8 Å². The number of rotatable bonds is 3. The lowest BCUT2D eigenvalue weighted by Crippen LogP contribution is -1.95. The Morgan fingerprint density at radius 2 is 1.63 bits per heavy atom. The van der Waals surface area contributed by atoms with Crippen molar-refractivity contribution in [3.8, 4) is 11.5 Å². The highest BCUT2D eigenvalue weighted by molar-refractivity contribution is 6.31. The predicted octanol–water partition coefficient (Wildman–Crippen LogP) is 4.89. The van der Waals surface area contributed by atoms with Gasteiger partial charge in [-0.25, -0.2) is 0 Å². The van der Waals surface area contributed by atoms with Crippen LogP contribution in [0.3, 0.4) is 0 Å². The number of hydrogen-bond donors (Lipinski definition) is 1. The maximum Gasteiger partial charge on any atom is 0.134 e. The van der Waals surface area contributed by atoms with Crippen LogP contribution in [0.5, 0.6) is 11.5 Å². The van der Waals surface area contributed by atoms with Gasteiger partial charge in [-0.1, -0.05) is 29.3 Å². The van der Waals surface area contributed by atoms with Crippen molar-refractivity contribution in [2.75, 3.05) is 0 Å². The first kappa shape index (κ1) is 14.2. The summed E-state index contributed by atoms with van der Waals surface area (Å²) in [6.45, 7) is 3.76. The fourth-order valence-electron chi connectivity index (χ4n) is 1.92. The Morgan fingerprint density at radius 1 is 1.00 bits per heavy atom. The molecule has 2 aromatic rings. The van der Waals surface area contributed by atoms with Gasteiger partial charge in [0, 0.05) is 15.6 Å². The molecular formula is C15H14Cl2O2. The molecule has 100 valence electrons. The van der Waals surface area contributed by atoms with Crippen LogP contribution in [-0.2, 0) is 6.61 Å². The minimum absolute atomic E-state index is 0.0990. The second-order valence-electron chi connectivity index (χ2n) is 4.38. The van der Waals surface area contributed by atoms with E-state index in [0.717, 1.165) is 16.9 Å². The van der Waals surface area contributed by atoms with E-state index in [-0.39, 0.29) is 6.61 Å². The van der Waals surface area contributed by atoms with E-state index in [1.165, 1.54) is 0 Å². The van der Waals surface area contributed by atoms with Crippen LogP contribution in [-0.4, -0.2) is 5.11 Å². The molecule has 2 nitrogen and oxygen atoms in total. The lowest BCUT2D eigenvalue weighted by atomic mass is 10.1. The lowest BCUT2D eigenvalue weighted by Gasteiger charge is -2.14. The number of aryl methyl sites for hydroxylation is 2. The van der Waals surface area contributed by atoms with Gasteiger partial charge in [0.1, 0.15) is 11.5 Å². The van der Waals surface area contributed by atoms with Crippen LogP contribution in [0.1, 0.15) is 16.7 Å². The number of aliphatic hydroxyl groups excluding tert-OH is 1. The minimum atomic E-state index is -0.0990. The zero-order chi connectivity index (χ0) is 14.0. The lowest BCUT2D eigenvalue weighted by molar-refractivity contribution is 0.276. The van der Waals surface area contributed by atoms with Crippen LogP contribution in [0.15, 0.2) is 30.3 Å². The van der Waals surface area contributed by atoms with Crippen molar-refractivity contribution in [2.24, 2.45) is 0 Å². The van der Waals surface area contributed by atoms with Crippen molar-refractivity contribution < 1.29 is 9.84 Å². The molecule has 0 bridgehead atoms. The molecule has 0 aliphatic rings. The fourth-order valence-corrected chi connectivity index (χ4v) is 2.41. The van der Waals surface area contributed by atoms with Crippen LogP contribution >= 0.6 is 23.2 Å². The molecule has 0 spiro atoms. The summed E-state index contributed by atoms with van der Waals surface area (Å²) in [5.41, 5.74) is 2.57. The molecule has 0 unspecified atom stereocenters. The Labute approximate surface area is 122 Å². The van der Waals surface area contributed by atoms with E-state index in [1.54, 1.807) is 18.2 Å². The van der Waals surface area contributed by atoms with E-state index >= 15 is 0 Å². The Kier molecular flexibility index (Phi) is 4.35. The van der Waals surface area contributed by atoms with Gasteiger partial charge >= 0.3 is 0 Å². The molecule has 0 fully saturated rings. The third kappa shape index (κ3) is 3.21. The number of ether oxygens (including phenoxy) is 1.